The van der Waals surface area contributed by atoms with Gasteiger partial charge in [-0.05, 0) is 48.4 Å². The third-order valence-corrected chi connectivity index (χ3v) is 6.90. The average Bonchev–Trinajstić information content (AvgIpc) is 3.18. The maximum absolute atomic E-state index is 13.4. The fourth-order valence-corrected chi connectivity index (χ4v) is 5.30. The predicted molar refractivity (Wildman–Crippen MR) is 119 cm³/mol. The molecule has 0 radical (unpaired) electrons. The normalized spacial score (nSPS) is 12.9. The van der Waals surface area contributed by atoms with Crippen LogP contribution in [0.5, 0.6) is 11.5 Å². The van der Waals surface area contributed by atoms with Gasteiger partial charge in [0.2, 0.25) is 0 Å². The van der Waals surface area contributed by atoms with Gasteiger partial charge in [-0.3, -0.25) is 9.62 Å². The van der Waals surface area contributed by atoms with Crippen molar-refractivity contribution >= 4 is 39.1 Å². The number of halogens is 1. The molecule has 1 amide bonds. The smallest absolute Gasteiger partial charge is 0.417 e. The van der Waals surface area contributed by atoms with Gasteiger partial charge in [-0.1, -0.05) is 35.9 Å². The lowest BCUT2D eigenvalue weighted by Crippen LogP contribution is -2.29. The van der Waals surface area contributed by atoms with E-state index in [-0.39, 0.29) is 28.0 Å². The SMILES string of the molecule is COc1ccc(Cl)cc1S(=O)(=O)N1CCc2ccc(OC(=O)Nc3ccccc3)cc21. The van der Waals surface area contributed by atoms with E-state index in [1.165, 1.54) is 23.5 Å². The molecule has 0 unspecified atom stereocenters. The standard InChI is InChI=1S/C22H19ClN2O5S/c1-29-20-10-8-16(23)13-21(20)31(27,28)25-12-11-15-7-9-18(14-19(15)25)30-22(26)24-17-5-3-2-4-6-17/h2-10,13-14H,11-12H2,1H3,(H,24,26). The number of benzene rings is 3. The van der Waals surface area contributed by atoms with Crippen LogP contribution in [-0.4, -0.2) is 28.2 Å². The van der Waals surface area contributed by atoms with E-state index in [2.05, 4.69) is 5.32 Å². The van der Waals surface area contributed by atoms with E-state index in [1.54, 1.807) is 48.5 Å². The molecule has 1 aliphatic heterocycles. The number of methoxy groups -OCH3 is 1. The van der Waals surface area contributed by atoms with Crippen LogP contribution in [0.25, 0.3) is 0 Å². The number of nitrogens with zero attached hydrogens (tertiary/aromatic N) is 1. The van der Waals surface area contributed by atoms with E-state index in [1.807, 2.05) is 6.07 Å². The molecule has 160 valence electrons. The van der Waals surface area contributed by atoms with Gasteiger partial charge in [0.05, 0.1) is 12.8 Å². The van der Waals surface area contributed by atoms with Crippen molar-refractivity contribution in [1.82, 2.24) is 0 Å². The summed E-state index contributed by atoms with van der Waals surface area (Å²) >= 11 is 6.03. The van der Waals surface area contributed by atoms with Gasteiger partial charge in [-0.25, -0.2) is 13.2 Å². The molecule has 0 aromatic heterocycles. The number of hydrogen-bond acceptors (Lipinski definition) is 5. The summed E-state index contributed by atoms with van der Waals surface area (Å²) < 4.78 is 38.6. The first kappa shape index (κ1) is 21.0. The van der Waals surface area contributed by atoms with Crippen LogP contribution < -0.4 is 19.1 Å². The Hall–Kier alpha value is -3.23. The van der Waals surface area contributed by atoms with E-state index < -0.39 is 16.1 Å². The maximum Gasteiger partial charge on any atom is 0.417 e. The first-order valence-corrected chi connectivity index (χ1v) is 11.2. The van der Waals surface area contributed by atoms with Crippen LogP contribution in [0.15, 0.2) is 71.6 Å². The molecule has 1 N–H and O–H groups in total. The fraction of sp³-hybridized carbons (Fsp3) is 0.136. The third-order valence-electron chi connectivity index (χ3n) is 4.83. The average molecular weight is 459 g/mol. The number of fused-ring (bicyclic) bond motifs is 1. The molecule has 0 saturated heterocycles. The Kier molecular flexibility index (Phi) is 5.75. The van der Waals surface area contributed by atoms with E-state index in [9.17, 15) is 13.2 Å². The van der Waals surface area contributed by atoms with Crippen LogP contribution in [0.3, 0.4) is 0 Å². The van der Waals surface area contributed by atoms with E-state index in [0.717, 1.165) is 5.56 Å². The monoisotopic (exact) mass is 458 g/mol. The number of carbonyl (C=O) groups excluding carboxylic acids is 1. The highest BCUT2D eigenvalue weighted by atomic mass is 35.5. The second kappa shape index (κ2) is 8.49. The van der Waals surface area contributed by atoms with Gasteiger partial charge in [-0.2, -0.15) is 0 Å². The van der Waals surface area contributed by atoms with Crippen LogP contribution in [0, 0.1) is 0 Å². The Bertz CT molecular complexity index is 1230. The number of hydrogen-bond donors (Lipinski definition) is 1. The highest BCUT2D eigenvalue weighted by molar-refractivity contribution is 7.93. The highest BCUT2D eigenvalue weighted by Gasteiger charge is 2.33. The molecule has 0 atom stereocenters. The minimum Gasteiger partial charge on any atom is -0.495 e. The molecular weight excluding hydrogens is 440 g/mol. The topological polar surface area (TPSA) is 84.9 Å². The quantitative estimate of drug-likeness (QED) is 0.598. The number of ether oxygens (including phenoxy) is 2. The number of sulfonamides is 1. The zero-order valence-corrected chi connectivity index (χ0v) is 18.1. The van der Waals surface area contributed by atoms with Crippen molar-refractivity contribution in [3.63, 3.8) is 0 Å². The molecule has 0 aliphatic carbocycles. The van der Waals surface area contributed by atoms with Crippen molar-refractivity contribution < 1.29 is 22.7 Å². The zero-order valence-electron chi connectivity index (χ0n) is 16.5. The summed E-state index contributed by atoms with van der Waals surface area (Å²) in [6.45, 7) is 0.257. The minimum atomic E-state index is -3.94. The molecule has 31 heavy (non-hydrogen) atoms. The largest absolute Gasteiger partial charge is 0.495 e. The lowest BCUT2D eigenvalue weighted by molar-refractivity contribution is 0.215. The maximum atomic E-state index is 13.4. The summed E-state index contributed by atoms with van der Waals surface area (Å²) in [7, 11) is -2.54. The number of rotatable bonds is 5. The molecule has 1 aliphatic rings. The van der Waals surface area contributed by atoms with Crippen molar-refractivity contribution in [1.29, 1.82) is 0 Å². The summed E-state index contributed by atoms with van der Waals surface area (Å²) in [6.07, 6.45) is -0.136. The van der Waals surface area contributed by atoms with Crippen molar-refractivity contribution in [2.75, 3.05) is 23.3 Å². The molecule has 1 heterocycles. The summed E-state index contributed by atoms with van der Waals surface area (Å²) in [5, 5.41) is 2.91. The number of nitrogens with one attached hydrogen (secondary N) is 1. The molecule has 4 rings (SSSR count). The lowest BCUT2D eigenvalue weighted by atomic mass is 10.1. The Morgan fingerprint density at radius 3 is 2.58 bits per heavy atom. The van der Waals surface area contributed by atoms with Gasteiger partial charge >= 0.3 is 6.09 Å². The highest BCUT2D eigenvalue weighted by Crippen LogP contribution is 2.38. The molecule has 3 aromatic rings. The van der Waals surface area contributed by atoms with E-state index in [4.69, 9.17) is 21.1 Å². The molecule has 0 fully saturated rings. The Labute approximate surface area is 185 Å². The zero-order chi connectivity index (χ0) is 22.0. The molecule has 9 heteroatoms. The van der Waals surface area contributed by atoms with Gasteiger partial charge in [0.25, 0.3) is 10.0 Å². The van der Waals surface area contributed by atoms with Crippen LogP contribution in [0.4, 0.5) is 16.2 Å². The Balaban J connectivity index is 1.61. The molecule has 7 nitrogen and oxygen atoms in total. The second-order valence-corrected chi connectivity index (χ2v) is 9.06. The van der Waals surface area contributed by atoms with Crippen LogP contribution in [0.1, 0.15) is 5.56 Å². The molecule has 0 saturated carbocycles. The number of carbonyl (C=O) groups is 1. The van der Waals surface area contributed by atoms with Gasteiger partial charge in [-0.15, -0.1) is 0 Å². The number of anilines is 2. The minimum absolute atomic E-state index is 0.0245. The molecule has 3 aromatic carbocycles. The first-order valence-electron chi connectivity index (χ1n) is 9.41. The summed E-state index contributed by atoms with van der Waals surface area (Å²) in [5.74, 6) is 0.430. The molecule has 0 bridgehead atoms. The lowest BCUT2D eigenvalue weighted by Gasteiger charge is -2.21. The molecule has 0 spiro atoms. The third kappa shape index (κ3) is 4.30. The van der Waals surface area contributed by atoms with Crippen molar-refractivity contribution in [2.45, 2.75) is 11.3 Å². The van der Waals surface area contributed by atoms with Crippen molar-refractivity contribution in [2.24, 2.45) is 0 Å². The van der Waals surface area contributed by atoms with Gasteiger partial charge in [0, 0.05) is 23.3 Å². The van der Waals surface area contributed by atoms with Gasteiger partial charge in [0.1, 0.15) is 16.4 Å². The van der Waals surface area contributed by atoms with E-state index in [0.29, 0.717) is 17.8 Å². The van der Waals surface area contributed by atoms with Crippen LogP contribution in [-0.2, 0) is 16.4 Å². The van der Waals surface area contributed by atoms with Crippen LogP contribution >= 0.6 is 11.6 Å². The molecular formula is C22H19ClN2O5S. The van der Waals surface area contributed by atoms with Crippen molar-refractivity contribution in [3.05, 3.63) is 77.3 Å². The second-order valence-electron chi connectivity index (χ2n) is 6.79. The van der Waals surface area contributed by atoms with Crippen LogP contribution in [0.2, 0.25) is 5.02 Å². The summed E-state index contributed by atoms with van der Waals surface area (Å²) in [6, 6.07) is 18.3. The Morgan fingerprint density at radius 1 is 1.06 bits per heavy atom. The summed E-state index contributed by atoms with van der Waals surface area (Å²) in [4.78, 5) is 12.2. The number of para-hydroxylation sites is 1. The van der Waals surface area contributed by atoms with Gasteiger partial charge < -0.3 is 9.47 Å². The van der Waals surface area contributed by atoms with E-state index >= 15 is 0 Å². The Morgan fingerprint density at radius 2 is 1.84 bits per heavy atom. The fourth-order valence-electron chi connectivity index (χ4n) is 3.39. The van der Waals surface area contributed by atoms with Gasteiger partial charge in [0.15, 0.2) is 0 Å². The van der Waals surface area contributed by atoms with Crippen molar-refractivity contribution in [3.8, 4) is 11.5 Å². The predicted octanol–water partition coefficient (Wildman–Crippen LogP) is 4.71. The first-order chi connectivity index (χ1) is 14.9. The summed E-state index contributed by atoms with van der Waals surface area (Å²) in [5.41, 5.74) is 1.87. The number of amides is 1.